The maximum absolute atomic E-state index is 12.5. The maximum Gasteiger partial charge on any atom is 0.573 e. The zero-order chi connectivity index (χ0) is 28.1. The Morgan fingerprint density at radius 3 is 2.47 bits per heavy atom. The van der Waals surface area contributed by atoms with Gasteiger partial charge in [0.25, 0.3) is 0 Å². The summed E-state index contributed by atoms with van der Waals surface area (Å²) in [6.45, 7) is 8.01. The van der Waals surface area contributed by atoms with Gasteiger partial charge in [0, 0.05) is 25.2 Å². The van der Waals surface area contributed by atoms with E-state index in [1.165, 1.54) is 18.5 Å². The molecular formula is C27H42BClF3N2O4+. The van der Waals surface area contributed by atoms with E-state index >= 15 is 0 Å². The van der Waals surface area contributed by atoms with Crippen LogP contribution in [0.4, 0.5) is 13.2 Å². The lowest BCUT2D eigenvalue weighted by Gasteiger charge is -2.64. The van der Waals surface area contributed by atoms with E-state index in [1.54, 1.807) is 12.1 Å². The standard InChI is InChI=1S/C26H38BF3N2O4.CH3Cl/c1-24(2)18-14-21(24)25(3)22(15-18)35-27(36-25)19(16-32-23(33)7-5-4-6-12-31)13-17-8-10-20(11-9-17)34-26(28,29)30;1-2/h8-11,18-19,21-22H,4-7,12-16,31H2,1-3H3,(H,32,33);1H3/p+1/t18?,19?,21?,22?,25-;/m1./s1. The molecule has 2 bridgehead atoms. The minimum atomic E-state index is -4.73. The van der Waals surface area contributed by atoms with Crippen molar-refractivity contribution in [1.82, 2.24) is 5.32 Å². The molecule has 214 valence electrons. The number of hydrogen-bond donors (Lipinski definition) is 2. The predicted octanol–water partition coefficient (Wildman–Crippen LogP) is 5.00. The summed E-state index contributed by atoms with van der Waals surface area (Å²) in [6.07, 6.45) is 2.63. The molecule has 1 heterocycles. The van der Waals surface area contributed by atoms with Crippen molar-refractivity contribution in [2.75, 3.05) is 19.5 Å². The van der Waals surface area contributed by atoms with Crippen molar-refractivity contribution in [3.63, 3.8) is 0 Å². The number of ether oxygens (including phenoxy) is 1. The van der Waals surface area contributed by atoms with E-state index in [1.807, 2.05) is 0 Å². The smallest absolute Gasteiger partial charge is 0.406 e. The van der Waals surface area contributed by atoms with Crippen molar-refractivity contribution in [3.8, 4) is 5.75 Å². The van der Waals surface area contributed by atoms with Gasteiger partial charge in [-0.2, -0.15) is 0 Å². The number of carbonyl (C=O) groups excluding carboxylic acids is 1. The molecule has 5 atom stereocenters. The normalized spacial score (nSPS) is 27.9. The minimum Gasteiger partial charge on any atom is -0.406 e. The van der Waals surface area contributed by atoms with Crippen LogP contribution in [0.25, 0.3) is 0 Å². The molecule has 0 radical (unpaired) electrons. The van der Waals surface area contributed by atoms with E-state index in [2.05, 4.69) is 48.2 Å². The third-order valence-corrected chi connectivity index (χ3v) is 8.72. The van der Waals surface area contributed by atoms with Gasteiger partial charge in [-0.25, -0.2) is 0 Å². The average molecular weight is 562 g/mol. The first-order valence-electron chi connectivity index (χ1n) is 13.5. The quantitative estimate of drug-likeness (QED) is 0.226. The highest BCUT2D eigenvalue weighted by atomic mass is 35.5. The van der Waals surface area contributed by atoms with Gasteiger partial charge in [0.1, 0.15) is 5.75 Å². The first kappa shape index (κ1) is 31.0. The second kappa shape index (κ2) is 12.8. The predicted molar refractivity (Wildman–Crippen MR) is 142 cm³/mol. The van der Waals surface area contributed by atoms with Crippen LogP contribution in [-0.2, 0) is 20.5 Å². The molecule has 1 amide bonds. The highest BCUT2D eigenvalue weighted by molar-refractivity contribution is 6.47. The maximum atomic E-state index is 12.5. The molecule has 5 rings (SSSR count). The summed E-state index contributed by atoms with van der Waals surface area (Å²) < 4.78 is 54.7. The molecule has 1 aromatic carbocycles. The number of nitrogens with one attached hydrogen (secondary N) is 1. The van der Waals surface area contributed by atoms with Crippen LogP contribution in [0.2, 0.25) is 5.82 Å². The molecule has 1 aliphatic heterocycles. The van der Waals surface area contributed by atoms with Crippen molar-refractivity contribution < 1.29 is 37.7 Å². The van der Waals surface area contributed by atoms with Crippen molar-refractivity contribution in [2.45, 2.75) is 89.6 Å². The highest BCUT2D eigenvalue weighted by Gasteiger charge is 2.68. The summed E-state index contributed by atoms with van der Waals surface area (Å²) in [6, 6.07) is 5.88. The van der Waals surface area contributed by atoms with E-state index in [9.17, 15) is 18.0 Å². The van der Waals surface area contributed by atoms with E-state index in [0.717, 1.165) is 44.2 Å². The van der Waals surface area contributed by atoms with Gasteiger partial charge in [-0.3, -0.25) is 4.79 Å². The lowest BCUT2D eigenvalue weighted by molar-refractivity contribution is -0.368. The van der Waals surface area contributed by atoms with Crippen LogP contribution < -0.4 is 15.8 Å². The van der Waals surface area contributed by atoms with Gasteiger partial charge in [0.15, 0.2) is 0 Å². The van der Waals surface area contributed by atoms with Crippen LogP contribution in [0.1, 0.15) is 64.9 Å². The lowest BCUT2D eigenvalue weighted by atomic mass is 9.43. The van der Waals surface area contributed by atoms with Crippen LogP contribution in [0, 0.1) is 17.3 Å². The number of rotatable bonds is 11. The Labute approximate surface area is 229 Å². The summed E-state index contributed by atoms with van der Waals surface area (Å²) in [5.74, 6) is 0.600. The van der Waals surface area contributed by atoms with Gasteiger partial charge in [-0.15, -0.1) is 24.8 Å². The molecule has 4 N–H and O–H groups in total. The zero-order valence-electron chi connectivity index (χ0n) is 22.9. The number of quaternary nitrogens is 1. The largest absolute Gasteiger partial charge is 0.573 e. The molecule has 11 heteroatoms. The van der Waals surface area contributed by atoms with Gasteiger partial charge in [0.05, 0.1) is 18.2 Å². The number of unbranched alkanes of at least 4 members (excludes halogenated alkanes) is 2. The van der Waals surface area contributed by atoms with Gasteiger partial charge in [-0.1, -0.05) is 26.0 Å². The van der Waals surface area contributed by atoms with Crippen LogP contribution in [0.5, 0.6) is 5.75 Å². The molecule has 0 aromatic heterocycles. The fourth-order valence-corrected chi connectivity index (χ4v) is 6.47. The SMILES string of the molecule is CC1(C)C2CC3OB(C(CNC(=O)CCCCC[NH3+])Cc4ccc(OC(F)(F)F)cc4)O[C@]3(C)C1C2.CCl. The Balaban J connectivity index is 0.00000195. The third kappa shape index (κ3) is 7.17. The molecule has 0 spiro atoms. The topological polar surface area (TPSA) is 84.4 Å². The highest BCUT2D eigenvalue weighted by Crippen LogP contribution is 2.66. The first-order chi connectivity index (χ1) is 17.9. The van der Waals surface area contributed by atoms with Crippen molar-refractivity contribution in [1.29, 1.82) is 0 Å². The van der Waals surface area contributed by atoms with Gasteiger partial charge in [0.2, 0.25) is 5.91 Å². The molecule has 4 aliphatic rings. The third-order valence-electron chi connectivity index (χ3n) is 8.72. The second-order valence-corrected chi connectivity index (χ2v) is 11.5. The monoisotopic (exact) mass is 561 g/mol. The molecule has 3 aliphatic carbocycles. The molecule has 6 nitrogen and oxygen atoms in total. The summed E-state index contributed by atoms with van der Waals surface area (Å²) in [5, 5.41) is 3.04. The minimum absolute atomic E-state index is 0.0111. The van der Waals surface area contributed by atoms with E-state index in [-0.39, 0.29) is 34.6 Å². The van der Waals surface area contributed by atoms with Crippen molar-refractivity contribution >= 4 is 24.6 Å². The summed E-state index contributed by atoms with van der Waals surface area (Å²) in [7, 11) is -0.493. The molecular weight excluding hydrogens is 520 g/mol. The van der Waals surface area contributed by atoms with Gasteiger partial charge in [-0.05, 0) is 80.4 Å². The van der Waals surface area contributed by atoms with Crippen LogP contribution in [0.15, 0.2) is 24.3 Å². The number of halogens is 4. The number of carbonyl (C=O) groups is 1. The molecule has 38 heavy (non-hydrogen) atoms. The number of hydrogen-bond acceptors (Lipinski definition) is 4. The Kier molecular flexibility index (Phi) is 10.4. The fourth-order valence-electron chi connectivity index (χ4n) is 6.47. The molecule has 4 fully saturated rings. The Morgan fingerprint density at radius 2 is 1.87 bits per heavy atom. The summed E-state index contributed by atoms with van der Waals surface area (Å²) >= 11 is 4.64. The fraction of sp³-hybridized carbons (Fsp3) is 0.741. The number of alkyl halides is 4. The van der Waals surface area contributed by atoms with Crippen LogP contribution in [-0.4, -0.2) is 50.6 Å². The zero-order valence-corrected chi connectivity index (χ0v) is 23.7. The lowest BCUT2D eigenvalue weighted by Crippen LogP contribution is -2.65. The molecule has 1 saturated heterocycles. The van der Waals surface area contributed by atoms with E-state index in [4.69, 9.17) is 9.31 Å². The van der Waals surface area contributed by atoms with Crippen molar-refractivity contribution in [3.05, 3.63) is 29.8 Å². The number of amides is 1. The summed E-state index contributed by atoms with van der Waals surface area (Å²) in [5.41, 5.74) is 4.51. The second-order valence-electron chi connectivity index (χ2n) is 11.5. The molecule has 1 aromatic rings. The molecule has 4 unspecified atom stereocenters. The number of benzene rings is 1. The Hall–Kier alpha value is -1.49. The van der Waals surface area contributed by atoms with Gasteiger partial charge >= 0.3 is 13.5 Å². The first-order valence-corrected chi connectivity index (χ1v) is 14.3. The van der Waals surface area contributed by atoms with Gasteiger partial charge < -0.3 is 25.1 Å². The summed E-state index contributed by atoms with van der Waals surface area (Å²) in [4.78, 5) is 12.5. The Morgan fingerprint density at radius 1 is 1.18 bits per heavy atom. The van der Waals surface area contributed by atoms with Crippen LogP contribution in [0.3, 0.4) is 0 Å². The Bertz CT molecular complexity index is 921. The van der Waals surface area contributed by atoms with Crippen molar-refractivity contribution in [2.24, 2.45) is 17.3 Å². The van der Waals surface area contributed by atoms with E-state index in [0.29, 0.717) is 31.2 Å². The molecule has 3 saturated carbocycles. The average Bonchev–Trinajstić information content (AvgIpc) is 3.22. The van der Waals surface area contributed by atoms with Crippen LogP contribution >= 0.6 is 11.6 Å². The van der Waals surface area contributed by atoms with E-state index < -0.39 is 13.5 Å².